The average molecular weight is 291 g/mol. The Morgan fingerprint density at radius 2 is 1.76 bits per heavy atom. The van der Waals surface area contributed by atoms with Crippen molar-refractivity contribution in [2.45, 2.75) is 44.3 Å². The molecule has 2 aliphatic rings. The van der Waals surface area contributed by atoms with Crippen molar-refractivity contribution in [3.8, 4) is 11.5 Å². The summed E-state index contributed by atoms with van der Waals surface area (Å²) in [6.07, 6.45) is 5.98. The van der Waals surface area contributed by atoms with E-state index in [1.165, 1.54) is 37.5 Å². The number of hydrogen-bond donors (Lipinski definition) is 2. The highest BCUT2D eigenvalue weighted by Crippen LogP contribution is 2.28. The van der Waals surface area contributed by atoms with Gasteiger partial charge in [-0.15, -0.1) is 0 Å². The molecule has 1 aliphatic heterocycles. The van der Waals surface area contributed by atoms with Crippen molar-refractivity contribution in [3.63, 3.8) is 0 Å². The quantitative estimate of drug-likeness (QED) is 0.896. The highest BCUT2D eigenvalue weighted by Gasteiger charge is 2.28. The van der Waals surface area contributed by atoms with Crippen molar-refractivity contribution in [1.82, 2.24) is 4.90 Å². The molecule has 1 aromatic carbocycles. The molecule has 1 amide bonds. The Labute approximate surface area is 124 Å². The molecule has 5 heteroatoms. The van der Waals surface area contributed by atoms with Crippen LogP contribution < -0.4 is 0 Å². The maximum Gasteiger partial charge on any atom is 0.257 e. The van der Waals surface area contributed by atoms with Gasteiger partial charge in [0.1, 0.15) is 11.5 Å². The standard InChI is InChI=1S/C16H21NO4/c18-11-4-5-14(15(19)10-11)16(20)17-8-6-13(7-9-17)21-12-2-1-3-12/h4-5,10,12-13,18-19H,1-3,6-9H2. The van der Waals surface area contributed by atoms with Gasteiger partial charge in [-0.3, -0.25) is 4.79 Å². The van der Waals surface area contributed by atoms with Gasteiger partial charge in [0, 0.05) is 19.2 Å². The highest BCUT2D eigenvalue weighted by molar-refractivity contribution is 5.97. The Morgan fingerprint density at radius 1 is 1.10 bits per heavy atom. The second-order valence-electron chi connectivity index (χ2n) is 5.88. The van der Waals surface area contributed by atoms with E-state index in [0.29, 0.717) is 19.2 Å². The van der Waals surface area contributed by atoms with Gasteiger partial charge < -0.3 is 19.8 Å². The minimum atomic E-state index is -0.186. The topological polar surface area (TPSA) is 70.0 Å². The SMILES string of the molecule is O=C(c1ccc(O)cc1O)N1CCC(OC2CCC2)CC1. The first-order valence-corrected chi connectivity index (χ1v) is 7.60. The number of ether oxygens (including phenoxy) is 1. The Hall–Kier alpha value is -1.75. The molecule has 114 valence electrons. The molecular formula is C16H21NO4. The van der Waals surface area contributed by atoms with Gasteiger partial charge in [-0.25, -0.2) is 0 Å². The Morgan fingerprint density at radius 3 is 2.33 bits per heavy atom. The largest absolute Gasteiger partial charge is 0.508 e. The first kappa shape index (κ1) is 14.2. The number of aromatic hydroxyl groups is 2. The molecule has 1 aliphatic carbocycles. The number of phenolic OH excluding ortho intramolecular Hbond substituents is 2. The van der Waals surface area contributed by atoms with Crippen LogP contribution in [0.5, 0.6) is 11.5 Å². The molecule has 0 aromatic heterocycles. The van der Waals surface area contributed by atoms with E-state index in [4.69, 9.17) is 4.74 Å². The summed E-state index contributed by atoms with van der Waals surface area (Å²) >= 11 is 0. The molecule has 3 rings (SSSR count). The lowest BCUT2D eigenvalue weighted by Crippen LogP contribution is -2.42. The fraction of sp³-hybridized carbons (Fsp3) is 0.562. The van der Waals surface area contributed by atoms with Crippen LogP contribution in [-0.4, -0.2) is 46.3 Å². The summed E-state index contributed by atoms with van der Waals surface area (Å²) in [5.41, 5.74) is 0.242. The molecule has 1 aromatic rings. The van der Waals surface area contributed by atoms with E-state index in [2.05, 4.69) is 0 Å². The fourth-order valence-electron chi connectivity index (χ4n) is 2.85. The lowest BCUT2D eigenvalue weighted by Gasteiger charge is -2.36. The van der Waals surface area contributed by atoms with Crippen LogP contribution in [0.25, 0.3) is 0 Å². The monoisotopic (exact) mass is 291 g/mol. The number of carbonyl (C=O) groups excluding carboxylic acids is 1. The molecular weight excluding hydrogens is 270 g/mol. The number of carbonyl (C=O) groups is 1. The molecule has 0 spiro atoms. The number of likely N-dealkylation sites (tertiary alicyclic amines) is 1. The van der Waals surface area contributed by atoms with E-state index in [1.807, 2.05) is 0 Å². The number of amides is 1. The molecule has 5 nitrogen and oxygen atoms in total. The summed E-state index contributed by atoms with van der Waals surface area (Å²) < 4.78 is 5.98. The molecule has 21 heavy (non-hydrogen) atoms. The molecule has 0 unspecified atom stereocenters. The molecule has 1 heterocycles. The summed E-state index contributed by atoms with van der Waals surface area (Å²) in [7, 11) is 0. The maximum atomic E-state index is 12.4. The summed E-state index contributed by atoms with van der Waals surface area (Å²) in [4.78, 5) is 14.1. The smallest absolute Gasteiger partial charge is 0.257 e. The summed E-state index contributed by atoms with van der Waals surface area (Å²) in [6.45, 7) is 1.30. The third kappa shape index (κ3) is 3.13. The second kappa shape index (κ2) is 5.93. The van der Waals surface area contributed by atoms with E-state index in [1.54, 1.807) is 4.90 Å². The van der Waals surface area contributed by atoms with Gasteiger partial charge in [0.2, 0.25) is 0 Å². The zero-order valence-corrected chi connectivity index (χ0v) is 12.0. The molecule has 0 atom stereocenters. The predicted molar refractivity (Wildman–Crippen MR) is 77.4 cm³/mol. The third-order valence-corrected chi connectivity index (χ3v) is 4.38. The van der Waals surface area contributed by atoms with Gasteiger partial charge >= 0.3 is 0 Å². The number of hydrogen-bond acceptors (Lipinski definition) is 4. The van der Waals surface area contributed by atoms with Crippen LogP contribution in [0.2, 0.25) is 0 Å². The number of phenols is 2. The van der Waals surface area contributed by atoms with E-state index in [-0.39, 0.29) is 29.1 Å². The van der Waals surface area contributed by atoms with Gasteiger partial charge in [-0.2, -0.15) is 0 Å². The van der Waals surface area contributed by atoms with Crippen molar-refractivity contribution in [1.29, 1.82) is 0 Å². The lowest BCUT2D eigenvalue weighted by atomic mass is 9.95. The van der Waals surface area contributed by atoms with Gasteiger partial charge in [-0.1, -0.05) is 0 Å². The first-order valence-electron chi connectivity index (χ1n) is 7.60. The molecule has 1 saturated heterocycles. The number of nitrogens with zero attached hydrogens (tertiary/aromatic N) is 1. The van der Waals surface area contributed by atoms with Crippen molar-refractivity contribution < 1.29 is 19.7 Å². The van der Waals surface area contributed by atoms with Crippen molar-refractivity contribution >= 4 is 5.91 Å². The van der Waals surface area contributed by atoms with Crippen LogP contribution in [0, 0.1) is 0 Å². The predicted octanol–water partition coefficient (Wildman–Crippen LogP) is 2.27. The van der Waals surface area contributed by atoms with Crippen LogP contribution in [0.15, 0.2) is 18.2 Å². The summed E-state index contributed by atoms with van der Waals surface area (Å²) in [5, 5.41) is 19.0. The molecule has 0 radical (unpaired) electrons. The van der Waals surface area contributed by atoms with Crippen molar-refractivity contribution in [2.24, 2.45) is 0 Å². The molecule has 2 fully saturated rings. The Kier molecular flexibility index (Phi) is 4.01. The average Bonchev–Trinajstić information content (AvgIpc) is 2.43. The zero-order chi connectivity index (χ0) is 14.8. The molecule has 1 saturated carbocycles. The Balaban J connectivity index is 1.56. The van der Waals surface area contributed by atoms with Crippen LogP contribution in [0.4, 0.5) is 0 Å². The summed E-state index contributed by atoms with van der Waals surface area (Å²) in [5.74, 6) is -0.404. The van der Waals surface area contributed by atoms with E-state index in [0.717, 1.165) is 12.8 Å². The van der Waals surface area contributed by atoms with Gasteiger partial charge in [0.25, 0.3) is 5.91 Å². The number of benzene rings is 1. The van der Waals surface area contributed by atoms with E-state index in [9.17, 15) is 15.0 Å². The van der Waals surface area contributed by atoms with E-state index < -0.39 is 0 Å². The number of piperidine rings is 1. The molecule has 2 N–H and O–H groups in total. The van der Waals surface area contributed by atoms with Crippen LogP contribution in [0.3, 0.4) is 0 Å². The second-order valence-corrected chi connectivity index (χ2v) is 5.88. The van der Waals surface area contributed by atoms with Gasteiger partial charge in [0.15, 0.2) is 0 Å². The number of rotatable bonds is 3. The zero-order valence-electron chi connectivity index (χ0n) is 12.0. The van der Waals surface area contributed by atoms with Crippen LogP contribution in [0.1, 0.15) is 42.5 Å². The first-order chi connectivity index (χ1) is 10.1. The van der Waals surface area contributed by atoms with Crippen molar-refractivity contribution in [3.05, 3.63) is 23.8 Å². The normalized spacial score (nSPS) is 20.3. The summed E-state index contributed by atoms with van der Waals surface area (Å²) in [6, 6.07) is 4.07. The fourth-order valence-corrected chi connectivity index (χ4v) is 2.85. The molecule has 0 bridgehead atoms. The minimum absolute atomic E-state index is 0.0448. The Bertz CT molecular complexity index is 519. The van der Waals surface area contributed by atoms with E-state index >= 15 is 0 Å². The van der Waals surface area contributed by atoms with Crippen LogP contribution >= 0.6 is 0 Å². The maximum absolute atomic E-state index is 12.4. The van der Waals surface area contributed by atoms with Gasteiger partial charge in [-0.05, 0) is 44.2 Å². The van der Waals surface area contributed by atoms with Crippen molar-refractivity contribution in [2.75, 3.05) is 13.1 Å². The van der Waals surface area contributed by atoms with Crippen LogP contribution in [-0.2, 0) is 4.74 Å². The highest BCUT2D eigenvalue weighted by atomic mass is 16.5. The third-order valence-electron chi connectivity index (χ3n) is 4.38. The minimum Gasteiger partial charge on any atom is -0.508 e. The van der Waals surface area contributed by atoms with Gasteiger partial charge in [0.05, 0.1) is 17.8 Å². The lowest BCUT2D eigenvalue weighted by molar-refractivity contribution is -0.0705.